The molecule has 0 atom stereocenters. The Kier molecular flexibility index (Phi) is 5.61. The highest BCUT2D eigenvalue weighted by atomic mass is 79.9. The molecule has 0 aliphatic rings. The van der Waals surface area contributed by atoms with Gasteiger partial charge in [-0.15, -0.1) is 0 Å². The summed E-state index contributed by atoms with van der Waals surface area (Å²) in [6.45, 7) is 0.310. The van der Waals surface area contributed by atoms with Gasteiger partial charge < -0.3 is 15.8 Å². The largest absolute Gasteiger partial charge is 0.484 e. The lowest BCUT2D eigenvalue weighted by molar-refractivity contribution is -0.118. The zero-order valence-corrected chi connectivity index (χ0v) is 13.4. The molecule has 0 unspecified atom stereocenters. The third-order valence-electron chi connectivity index (χ3n) is 2.72. The van der Waals surface area contributed by atoms with Crippen molar-refractivity contribution in [3.63, 3.8) is 0 Å². The number of nitrogens with two attached hydrogens (primary N) is 1. The van der Waals surface area contributed by atoms with E-state index < -0.39 is 0 Å². The molecule has 110 valence electrons. The van der Waals surface area contributed by atoms with E-state index in [-0.39, 0.29) is 12.5 Å². The smallest absolute Gasteiger partial charge is 0.262 e. The minimum atomic E-state index is -0.255. The fourth-order valence-corrected chi connectivity index (χ4v) is 2.31. The predicted octanol–water partition coefficient (Wildman–Crippen LogP) is 3.58. The summed E-state index contributed by atoms with van der Waals surface area (Å²) in [6, 6.07) is 12.4. The van der Waals surface area contributed by atoms with Gasteiger partial charge in [0.2, 0.25) is 0 Å². The number of halogens is 2. The van der Waals surface area contributed by atoms with Crippen LogP contribution in [0.1, 0.15) is 5.56 Å². The number of benzene rings is 2. The topological polar surface area (TPSA) is 64.3 Å². The van der Waals surface area contributed by atoms with Crippen LogP contribution in [-0.2, 0) is 11.3 Å². The first kappa shape index (κ1) is 15.8. The van der Waals surface area contributed by atoms with Crippen molar-refractivity contribution in [2.75, 3.05) is 11.9 Å². The van der Waals surface area contributed by atoms with Gasteiger partial charge in [-0.3, -0.25) is 4.79 Å². The van der Waals surface area contributed by atoms with E-state index in [2.05, 4.69) is 21.2 Å². The standard InChI is InChI=1S/C15H14BrClN2O2/c16-14-5-4-13(6-10(14)8-18)21-9-15(20)19-12-3-1-2-11(17)7-12/h1-7H,8-9,18H2,(H,19,20). The van der Waals surface area contributed by atoms with Crippen LogP contribution in [0.4, 0.5) is 5.69 Å². The highest BCUT2D eigenvalue weighted by molar-refractivity contribution is 9.10. The van der Waals surface area contributed by atoms with Gasteiger partial charge in [-0.05, 0) is 42.0 Å². The van der Waals surface area contributed by atoms with Crippen LogP contribution in [-0.4, -0.2) is 12.5 Å². The Balaban J connectivity index is 1.92. The van der Waals surface area contributed by atoms with E-state index in [1.165, 1.54) is 0 Å². The summed E-state index contributed by atoms with van der Waals surface area (Å²) in [5.41, 5.74) is 7.17. The van der Waals surface area contributed by atoms with Gasteiger partial charge in [-0.1, -0.05) is 33.6 Å². The molecule has 0 saturated carbocycles. The number of carbonyl (C=O) groups excluding carboxylic acids is 1. The Morgan fingerprint density at radius 3 is 2.81 bits per heavy atom. The fourth-order valence-electron chi connectivity index (χ4n) is 1.71. The van der Waals surface area contributed by atoms with Crippen molar-refractivity contribution in [1.29, 1.82) is 0 Å². The van der Waals surface area contributed by atoms with E-state index in [1.54, 1.807) is 36.4 Å². The van der Waals surface area contributed by atoms with E-state index in [0.29, 0.717) is 23.0 Å². The molecule has 0 radical (unpaired) electrons. The fraction of sp³-hybridized carbons (Fsp3) is 0.133. The summed E-state index contributed by atoms with van der Waals surface area (Å²) < 4.78 is 6.36. The van der Waals surface area contributed by atoms with Crippen molar-refractivity contribution >= 4 is 39.1 Å². The lowest BCUT2D eigenvalue weighted by Crippen LogP contribution is -2.20. The highest BCUT2D eigenvalue weighted by Gasteiger charge is 2.06. The minimum absolute atomic E-state index is 0.0852. The van der Waals surface area contributed by atoms with Crippen molar-refractivity contribution in [2.24, 2.45) is 5.73 Å². The number of hydrogen-bond acceptors (Lipinski definition) is 3. The van der Waals surface area contributed by atoms with E-state index in [0.717, 1.165) is 10.0 Å². The molecule has 0 aromatic heterocycles. The summed E-state index contributed by atoms with van der Waals surface area (Å²) in [7, 11) is 0. The maximum absolute atomic E-state index is 11.8. The van der Waals surface area contributed by atoms with Gasteiger partial charge in [0.1, 0.15) is 5.75 Å². The molecule has 4 nitrogen and oxygen atoms in total. The number of amides is 1. The second-order valence-electron chi connectivity index (χ2n) is 4.30. The SMILES string of the molecule is NCc1cc(OCC(=O)Nc2cccc(Cl)c2)ccc1Br. The van der Waals surface area contributed by atoms with Crippen LogP contribution in [0.3, 0.4) is 0 Å². The lowest BCUT2D eigenvalue weighted by Gasteiger charge is -2.09. The maximum atomic E-state index is 11.8. The minimum Gasteiger partial charge on any atom is -0.484 e. The van der Waals surface area contributed by atoms with Crippen molar-refractivity contribution in [1.82, 2.24) is 0 Å². The van der Waals surface area contributed by atoms with Gasteiger partial charge in [0, 0.05) is 21.7 Å². The first-order chi connectivity index (χ1) is 10.1. The van der Waals surface area contributed by atoms with Crippen LogP contribution in [0.5, 0.6) is 5.75 Å². The highest BCUT2D eigenvalue weighted by Crippen LogP contribution is 2.22. The zero-order chi connectivity index (χ0) is 15.2. The molecule has 0 bridgehead atoms. The first-order valence-corrected chi connectivity index (χ1v) is 7.42. The quantitative estimate of drug-likeness (QED) is 0.846. The monoisotopic (exact) mass is 368 g/mol. The number of ether oxygens (including phenoxy) is 1. The van der Waals surface area contributed by atoms with E-state index >= 15 is 0 Å². The average molecular weight is 370 g/mol. The van der Waals surface area contributed by atoms with Gasteiger partial charge >= 0.3 is 0 Å². The normalized spacial score (nSPS) is 10.2. The van der Waals surface area contributed by atoms with E-state index in [4.69, 9.17) is 22.1 Å². The molecular formula is C15H14BrClN2O2. The van der Waals surface area contributed by atoms with Gasteiger partial charge in [-0.2, -0.15) is 0 Å². The second-order valence-corrected chi connectivity index (χ2v) is 5.60. The Labute approximate surface area is 136 Å². The van der Waals surface area contributed by atoms with Crippen LogP contribution in [0.15, 0.2) is 46.9 Å². The molecule has 21 heavy (non-hydrogen) atoms. The Morgan fingerprint density at radius 1 is 1.29 bits per heavy atom. The molecule has 0 saturated heterocycles. The molecule has 3 N–H and O–H groups in total. The van der Waals surface area contributed by atoms with Crippen molar-refractivity contribution < 1.29 is 9.53 Å². The second kappa shape index (κ2) is 7.45. The predicted molar refractivity (Wildman–Crippen MR) is 87.6 cm³/mol. The number of rotatable bonds is 5. The number of nitrogens with one attached hydrogen (secondary N) is 1. The maximum Gasteiger partial charge on any atom is 0.262 e. The van der Waals surface area contributed by atoms with Gasteiger partial charge in [0.25, 0.3) is 5.91 Å². The molecular weight excluding hydrogens is 356 g/mol. The molecule has 0 aliphatic heterocycles. The Bertz CT molecular complexity index is 649. The summed E-state index contributed by atoms with van der Waals surface area (Å²) >= 11 is 9.24. The van der Waals surface area contributed by atoms with Crippen molar-refractivity contribution in [3.8, 4) is 5.75 Å². The van der Waals surface area contributed by atoms with E-state index in [9.17, 15) is 4.79 Å². The van der Waals surface area contributed by atoms with Gasteiger partial charge in [0.05, 0.1) is 0 Å². The molecule has 0 heterocycles. The lowest BCUT2D eigenvalue weighted by atomic mass is 10.2. The molecule has 2 rings (SSSR count). The van der Waals surface area contributed by atoms with Crippen molar-refractivity contribution in [3.05, 3.63) is 57.5 Å². The van der Waals surface area contributed by atoms with Gasteiger partial charge in [0.15, 0.2) is 6.61 Å². The Morgan fingerprint density at radius 2 is 2.10 bits per heavy atom. The van der Waals surface area contributed by atoms with Crippen LogP contribution in [0.25, 0.3) is 0 Å². The van der Waals surface area contributed by atoms with Gasteiger partial charge in [-0.25, -0.2) is 0 Å². The van der Waals surface area contributed by atoms with E-state index in [1.807, 2.05) is 6.07 Å². The molecule has 2 aromatic carbocycles. The first-order valence-electron chi connectivity index (χ1n) is 6.25. The third-order valence-corrected chi connectivity index (χ3v) is 3.72. The molecule has 0 fully saturated rings. The molecule has 0 spiro atoms. The Hall–Kier alpha value is -1.56. The molecule has 2 aromatic rings. The molecule has 1 amide bonds. The van der Waals surface area contributed by atoms with Crippen molar-refractivity contribution in [2.45, 2.75) is 6.54 Å². The summed E-state index contributed by atoms with van der Waals surface area (Å²) in [5.74, 6) is 0.342. The number of hydrogen-bond donors (Lipinski definition) is 2. The zero-order valence-electron chi connectivity index (χ0n) is 11.1. The van der Waals surface area contributed by atoms with Crippen LogP contribution >= 0.6 is 27.5 Å². The summed E-state index contributed by atoms with van der Waals surface area (Å²) in [6.07, 6.45) is 0. The molecule has 6 heteroatoms. The number of anilines is 1. The summed E-state index contributed by atoms with van der Waals surface area (Å²) in [4.78, 5) is 11.8. The van der Waals surface area contributed by atoms with Crippen LogP contribution in [0.2, 0.25) is 5.02 Å². The van der Waals surface area contributed by atoms with Crippen LogP contribution < -0.4 is 15.8 Å². The average Bonchev–Trinajstić information content (AvgIpc) is 2.46. The van der Waals surface area contributed by atoms with Crippen LogP contribution in [0, 0.1) is 0 Å². The summed E-state index contributed by atoms with van der Waals surface area (Å²) in [5, 5.41) is 3.27. The number of carbonyl (C=O) groups is 1. The third kappa shape index (κ3) is 4.74. The molecule has 0 aliphatic carbocycles.